The number of ketones is 1. The number of carbonyl (C=O) groups excluding carboxylic acids is 1. The number of halogens is 1. The van der Waals surface area contributed by atoms with Gasteiger partial charge >= 0.3 is 6.01 Å². The Kier molecular flexibility index (Phi) is 3.75. The lowest BCUT2D eigenvalue weighted by Gasteiger charge is -2.03. The summed E-state index contributed by atoms with van der Waals surface area (Å²) in [7, 11) is 0. The first-order valence-electron chi connectivity index (χ1n) is 4.25. The van der Waals surface area contributed by atoms with Crippen LogP contribution >= 0.6 is 0 Å². The Balaban J connectivity index is 2.79. The highest BCUT2D eigenvalue weighted by atomic mass is 19.1. The highest BCUT2D eigenvalue weighted by Gasteiger charge is 2.11. The molecule has 0 saturated carbocycles. The third-order valence-electron chi connectivity index (χ3n) is 1.53. The Labute approximate surface area is 86.5 Å². The van der Waals surface area contributed by atoms with Crippen LogP contribution in [-0.4, -0.2) is 22.4 Å². The van der Waals surface area contributed by atoms with Gasteiger partial charge in [0, 0.05) is 13.3 Å². The molecule has 0 N–H and O–H groups in total. The first kappa shape index (κ1) is 11.1. The molecule has 0 spiro atoms. The smallest absolute Gasteiger partial charge is 0.317 e. The number of hydrogen-bond acceptors (Lipinski definition) is 4. The van der Waals surface area contributed by atoms with E-state index in [-0.39, 0.29) is 18.3 Å². The molecule has 1 aromatic heterocycles. The number of hydrogen-bond donors (Lipinski definition) is 0. The molecule has 0 atom stereocenters. The average molecular weight is 208 g/mol. The second-order valence-electron chi connectivity index (χ2n) is 2.71. The lowest BCUT2D eigenvalue weighted by atomic mass is 10.3. The average Bonchev–Trinajstić information content (AvgIpc) is 2.20. The van der Waals surface area contributed by atoms with Gasteiger partial charge in [-0.3, -0.25) is 4.79 Å². The van der Waals surface area contributed by atoms with Gasteiger partial charge in [0.05, 0.1) is 6.20 Å². The predicted molar refractivity (Wildman–Crippen MR) is 50.9 cm³/mol. The lowest BCUT2D eigenvalue weighted by molar-refractivity contribution is 0.100. The van der Waals surface area contributed by atoms with Crippen molar-refractivity contribution in [2.24, 2.45) is 0 Å². The Morgan fingerprint density at radius 1 is 1.73 bits per heavy atom. The normalized spacial score (nSPS) is 9.40. The van der Waals surface area contributed by atoms with Gasteiger partial charge in [0.25, 0.3) is 0 Å². The Morgan fingerprint density at radius 2 is 2.47 bits per heavy atom. The lowest BCUT2D eigenvalue weighted by Crippen LogP contribution is -2.07. The van der Waals surface area contributed by atoms with Crippen LogP contribution < -0.4 is 4.74 Å². The van der Waals surface area contributed by atoms with Crippen molar-refractivity contribution in [3.63, 3.8) is 0 Å². The molecule has 0 aliphatic rings. The molecular formula is C10H9FN2O2. The minimum Gasteiger partial charge on any atom is -0.462 e. The fraction of sp³-hybridized carbons (Fsp3) is 0.300. The molecule has 1 rings (SSSR count). The molecule has 0 fully saturated rings. The molecule has 0 aliphatic heterocycles. The Hall–Kier alpha value is -1.96. The van der Waals surface area contributed by atoms with Crippen molar-refractivity contribution in [3.8, 4) is 18.4 Å². The zero-order chi connectivity index (χ0) is 11.3. The van der Waals surface area contributed by atoms with Crippen molar-refractivity contribution < 1.29 is 13.9 Å². The van der Waals surface area contributed by atoms with E-state index >= 15 is 0 Å². The fourth-order valence-electron chi connectivity index (χ4n) is 0.869. The SMILES string of the molecule is C#CCCOc1ncc(F)c(C(C)=O)n1. The van der Waals surface area contributed by atoms with E-state index in [1.807, 2.05) is 0 Å². The summed E-state index contributed by atoms with van der Waals surface area (Å²) >= 11 is 0. The molecule has 0 radical (unpaired) electrons. The van der Waals surface area contributed by atoms with E-state index in [1.54, 1.807) is 0 Å². The molecular weight excluding hydrogens is 199 g/mol. The van der Waals surface area contributed by atoms with Crippen LogP contribution in [0.3, 0.4) is 0 Å². The van der Waals surface area contributed by atoms with Crippen molar-refractivity contribution in [1.82, 2.24) is 9.97 Å². The van der Waals surface area contributed by atoms with Gasteiger partial charge in [-0.2, -0.15) is 4.98 Å². The number of terminal acetylenes is 1. The Morgan fingerprint density at radius 3 is 3.07 bits per heavy atom. The maximum atomic E-state index is 13.0. The summed E-state index contributed by atoms with van der Waals surface area (Å²) in [5.74, 6) is 1.13. The largest absolute Gasteiger partial charge is 0.462 e. The number of ether oxygens (including phenoxy) is 1. The molecule has 0 saturated heterocycles. The van der Waals surface area contributed by atoms with Crippen molar-refractivity contribution in [2.45, 2.75) is 13.3 Å². The van der Waals surface area contributed by atoms with Gasteiger partial charge in [0.2, 0.25) is 0 Å². The molecule has 4 nitrogen and oxygen atoms in total. The van der Waals surface area contributed by atoms with E-state index in [9.17, 15) is 9.18 Å². The molecule has 5 heteroatoms. The monoisotopic (exact) mass is 208 g/mol. The van der Waals surface area contributed by atoms with Gasteiger partial charge in [0.1, 0.15) is 12.3 Å². The Bertz CT molecular complexity index is 412. The molecule has 0 aromatic carbocycles. The number of nitrogens with zero attached hydrogens (tertiary/aromatic N) is 2. The number of carbonyl (C=O) groups is 1. The predicted octanol–water partition coefficient (Wildman–Crippen LogP) is 1.22. The summed E-state index contributed by atoms with van der Waals surface area (Å²) in [6, 6.07) is -0.0446. The van der Waals surface area contributed by atoms with Gasteiger partial charge in [-0.05, 0) is 0 Å². The van der Waals surface area contributed by atoms with Crippen molar-refractivity contribution in [1.29, 1.82) is 0 Å². The van der Waals surface area contributed by atoms with Crippen LogP contribution in [0.1, 0.15) is 23.8 Å². The standard InChI is InChI=1S/C10H9FN2O2/c1-3-4-5-15-10-12-6-8(11)9(13-10)7(2)14/h1,6H,4-5H2,2H3. The number of Topliss-reactive ketones (excluding diaryl/α,β-unsaturated/α-hetero) is 1. The van der Waals surface area contributed by atoms with E-state index in [0.717, 1.165) is 6.20 Å². The first-order valence-corrected chi connectivity index (χ1v) is 4.25. The third kappa shape index (κ3) is 3.02. The molecule has 0 aliphatic carbocycles. The summed E-state index contributed by atoms with van der Waals surface area (Å²) in [6.07, 6.45) is 6.31. The molecule has 0 bridgehead atoms. The quantitative estimate of drug-likeness (QED) is 0.424. The summed E-state index contributed by atoms with van der Waals surface area (Å²) in [5, 5.41) is 0. The summed E-state index contributed by atoms with van der Waals surface area (Å²) < 4.78 is 18.0. The van der Waals surface area contributed by atoms with Gasteiger partial charge in [-0.25, -0.2) is 9.37 Å². The molecule has 0 amide bonds. The van der Waals surface area contributed by atoms with Crippen LogP contribution in [0.25, 0.3) is 0 Å². The molecule has 78 valence electrons. The highest BCUT2D eigenvalue weighted by Crippen LogP contribution is 2.08. The second-order valence-corrected chi connectivity index (χ2v) is 2.71. The van der Waals surface area contributed by atoms with Gasteiger partial charge < -0.3 is 4.74 Å². The van der Waals surface area contributed by atoms with E-state index in [1.165, 1.54) is 6.92 Å². The highest BCUT2D eigenvalue weighted by molar-refractivity contribution is 5.92. The zero-order valence-electron chi connectivity index (χ0n) is 8.16. The number of rotatable bonds is 4. The van der Waals surface area contributed by atoms with Crippen molar-refractivity contribution in [3.05, 3.63) is 17.7 Å². The molecule has 0 unspecified atom stereocenters. The fourth-order valence-corrected chi connectivity index (χ4v) is 0.869. The van der Waals surface area contributed by atoms with E-state index in [2.05, 4.69) is 15.9 Å². The minimum absolute atomic E-state index is 0.0446. The van der Waals surface area contributed by atoms with E-state index in [4.69, 9.17) is 11.2 Å². The van der Waals surface area contributed by atoms with Crippen molar-refractivity contribution in [2.75, 3.05) is 6.61 Å². The second kappa shape index (κ2) is 5.05. The topological polar surface area (TPSA) is 52.1 Å². The van der Waals surface area contributed by atoms with Crippen LogP contribution in [0.4, 0.5) is 4.39 Å². The van der Waals surface area contributed by atoms with Crippen LogP contribution in [0.5, 0.6) is 6.01 Å². The molecule has 1 heterocycles. The zero-order valence-corrected chi connectivity index (χ0v) is 8.16. The minimum atomic E-state index is -0.758. The van der Waals surface area contributed by atoms with Crippen LogP contribution in [0, 0.1) is 18.2 Å². The van der Waals surface area contributed by atoms with E-state index < -0.39 is 11.6 Å². The third-order valence-corrected chi connectivity index (χ3v) is 1.53. The van der Waals surface area contributed by atoms with Crippen molar-refractivity contribution >= 4 is 5.78 Å². The van der Waals surface area contributed by atoms with Crippen LogP contribution in [0.15, 0.2) is 6.20 Å². The summed E-state index contributed by atoms with van der Waals surface area (Å²) in [4.78, 5) is 18.1. The molecule has 15 heavy (non-hydrogen) atoms. The number of aromatic nitrogens is 2. The first-order chi connectivity index (χ1) is 7.15. The summed E-state index contributed by atoms with van der Waals surface area (Å²) in [5.41, 5.74) is -0.277. The summed E-state index contributed by atoms with van der Waals surface area (Å²) in [6.45, 7) is 1.45. The van der Waals surface area contributed by atoms with Crippen LogP contribution in [0.2, 0.25) is 0 Å². The van der Waals surface area contributed by atoms with Gasteiger partial charge in [-0.1, -0.05) is 0 Å². The van der Waals surface area contributed by atoms with Crippen LogP contribution in [-0.2, 0) is 0 Å². The maximum absolute atomic E-state index is 13.0. The van der Waals surface area contributed by atoms with Gasteiger partial charge in [0.15, 0.2) is 11.6 Å². The maximum Gasteiger partial charge on any atom is 0.317 e. The molecule has 1 aromatic rings. The van der Waals surface area contributed by atoms with Gasteiger partial charge in [-0.15, -0.1) is 12.3 Å². The van der Waals surface area contributed by atoms with E-state index in [0.29, 0.717) is 6.42 Å².